The largest absolute Gasteiger partial charge is 0.504 e. The van der Waals surface area contributed by atoms with Crippen LogP contribution in [-0.4, -0.2) is 50.0 Å². The van der Waals surface area contributed by atoms with Crippen molar-refractivity contribution in [1.82, 2.24) is 4.90 Å². The van der Waals surface area contributed by atoms with Gasteiger partial charge in [-0.15, -0.1) is 0 Å². The van der Waals surface area contributed by atoms with Gasteiger partial charge in [-0.1, -0.05) is 6.07 Å². The zero-order valence-corrected chi connectivity index (χ0v) is 15.4. The third-order valence-electron chi connectivity index (χ3n) is 5.61. The van der Waals surface area contributed by atoms with Gasteiger partial charge in [-0.2, -0.15) is 0 Å². The van der Waals surface area contributed by atoms with Gasteiger partial charge in [-0.05, 0) is 36.7 Å². The van der Waals surface area contributed by atoms with Crippen molar-refractivity contribution >= 4 is 0 Å². The normalized spacial score (nSPS) is 21.0. The summed E-state index contributed by atoms with van der Waals surface area (Å²) in [5.74, 6) is 1.57. The van der Waals surface area contributed by atoms with Gasteiger partial charge in [0.1, 0.15) is 5.72 Å². The van der Waals surface area contributed by atoms with E-state index >= 15 is 0 Å². The molecule has 26 heavy (non-hydrogen) atoms. The van der Waals surface area contributed by atoms with Gasteiger partial charge in [0.25, 0.3) is 0 Å². The van der Waals surface area contributed by atoms with E-state index in [1.807, 2.05) is 24.1 Å². The molecule has 0 aromatic heterocycles. The lowest BCUT2D eigenvalue weighted by atomic mass is 9.74. The lowest BCUT2D eigenvalue weighted by Gasteiger charge is -2.47. The zero-order chi connectivity index (χ0) is 18.6. The van der Waals surface area contributed by atoms with Crippen molar-refractivity contribution in [2.75, 3.05) is 34.9 Å². The monoisotopic (exact) mass is 357 g/mol. The van der Waals surface area contributed by atoms with Gasteiger partial charge in [-0.3, -0.25) is 4.90 Å². The van der Waals surface area contributed by atoms with Crippen molar-refractivity contribution in [3.63, 3.8) is 0 Å². The third kappa shape index (κ3) is 2.06. The first kappa shape index (κ1) is 17.0. The van der Waals surface area contributed by atoms with E-state index in [4.69, 9.17) is 14.2 Å². The number of phenols is 1. The van der Waals surface area contributed by atoms with Crippen LogP contribution in [0.25, 0.3) is 11.1 Å². The van der Waals surface area contributed by atoms with E-state index in [-0.39, 0.29) is 5.75 Å². The number of likely N-dealkylation sites (N-methyl/N-ethyl adjacent to an activating group) is 1. The van der Waals surface area contributed by atoms with Crippen LogP contribution in [0.4, 0.5) is 0 Å². The van der Waals surface area contributed by atoms with Gasteiger partial charge < -0.3 is 24.4 Å². The van der Waals surface area contributed by atoms with Gasteiger partial charge in [0.15, 0.2) is 23.0 Å². The van der Waals surface area contributed by atoms with E-state index < -0.39 is 5.72 Å². The quantitative estimate of drug-likeness (QED) is 0.878. The Morgan fingerprint density at radius 2 is 1.73 bits per heavy atom. The van der Waals surface area contributed by atoms with Crippen LogP contribution in [0.15, 0.2) is 18.2 Å². The number of hydrogen-bond donors (Lipinski definition) is 2. The predicted octanol–water partition coefficient (Wildman–Crippen LogP) is 2.27. The second kappa shape index (κ2) is 5.79. The predicted molar refractivity (Wildman–Crippen MR) is 97.1 cm³/mol. The SMILES string of the molecule is COc1ccc2c(c1OC)-c1c(OC)c(O)cc3c1[C@](O)(C2)N(C)CC3. The molecule has 4 rings (SSSR count). The summed E-state index contributed by atoms with van der Waals surface area (Å²) in [4.78, 5) is 1.95. The van der Waals surface area contributed by atoms with Crippen LogP contribution in [0.3, 0.4) is 0 Å². The van der Waals surface area contributed by atoms with Crippen molar-refractivity contribution in [2.45, 2.75) is 18.6 Å². The summed E-state index contributed by atoms with van der Waals surface area (Å²) >= 11 is 0. The molecule has 0 spiro atoms. The van der Waals surface area contributed by atoms with Crippen molar-refractivity contribution in [3.8, 4) is 34.1 Å². The fourth-order valence-corrected chi connectivity index (χ4v) is 4.35. The molecular formula is C20H23NO5. The van der Waals surface area contributed by atoms with Gasteiger partial charge >= 0.3 is 0 Å². The van der Waals surface area contributed by atoms with Crippen LogP contribution >= 0.6 is 0 Å². The topological polar surface area (TPSA) is 71.4 Å². The van der Waals surface area contributed by atoms with Crippen molar-refractivity contribution in [2.24, 2.45) is 0 Å². The Balaban J connectivity index is 2.17. The fourth-order valence-electron chi connectivity index (χ4n) is 4.35. The average molecular weight is 357 g/mol. The maximum atomic E-state index is 11.6. The molecule has 1 atom stereocenters. The Bertz CT molecular complexity index is 895. The number of aliphatic hydroxyl groups is 1. The molecule has 0 saturated carbocycles. The van der Waals surface area contributed by atoms with Crippen LogP contribution in [0, 0.1) is 0 Å². The molecule has 1 aliphatic heterocycles. The number of phenolic OH excluding ortho intramolecular Hbond substituents is 1. The second-order valence-electron chi connectivity index (χ2n) is 6.84. The molecule has 2 aromatic rings. The Hall–Kier alpha value is -2.44. The highest BCUT2D eigenvalue weighted by Crippen LogP contribution is 2.57. The van der Waals surface area contributed by atoms with Crippen LogP contribution in [-0.2, 0) is 18.6 Å². The first-order chi connectivity index (χ1) is 12.5. The van der Waals surface area contributed by atoms with Crippen LogP contribution < -0.4 is 14.2 Å². The number of methoxy groups -OCH3 is 3. The highest BCUT2D eigenvalue weighted by atomic mass is 16.5. The van der Waals surface area contributed by atoms with E-state index in [2.05, 4.69) is 0 Å². The molecule has 2 aliphatic rings. The molecule has 2 aromatic carbocycles. The first-order valence-corrected chi connectivity index (χ1v) is 8.57. The summed E-state index contributed by atoms with van der Waals surface area (Å²) in [5, 5.41) is 22.2. The highest BCUT2D eigenvalue weighted by molar-refractivity contribution is 5.88. The van der Waals surface area contributed by atoms with Gasteiger partial charge in [0, 0.05) is 29.7 Å². The molecule has 1 aliphatic carbocycles. The minimum absolute atomic E-state index is 0.0610. The maximum absolute atomic E-state index is 11.6. The maximum Gasteiger partial charge on any atom is 0.168 e. The Kier molecular flexibility index (Phi) is 3.78. The molecule has 0 amide bonds. The number of nitrogens with zero attached hydrogens (tertiary/aromatic N) is 1. The number of benzene rings is 2. The molecule has 138 valence electrons. The molecule has 6 heteroatoms. The fraction of sp³-hybridized carbons (Fsp3) is 0.400. The van der Waals surface area contributed by atoms with Gasteiger partial charge in [0.05, 0.1) is 21.3 Å². The number of aromatic hydroxyl groups is 1. The van der Waals surface area contributed by atoms with E-state index in [1.54, 1.807) is 20.3 Å². The smallest absolute Gasteiger partial charge is 0.168 e. The lowest BCUT2D eigenvalue weighted by molar-refractivity contribution is -0.110. The van der Waals surface area contributed by atoms with Crippen molar-refractivity contribution in [3.05, 3.63) is 34.9 Å². The molecule has 0 radical (unpaired) electrons. The minimum atomic E-state index is -1.16. The highest BCUT2D eigenvalue weighted by Gasteiger charge is 2.47. The third-order valence-corrected chi connectivity index (χ3v) is 5.61. The average Bonchev–Trinajstić information content (AvgIpc) is 2.63. The minimum Gasteiger partial charge on any atom is -0.504 e. The molecule has 0 unspecified atom stereocenters. The lowest BCUT2D eigenvalue weighted by Crippen LogP contribution is -2.51. The molecule has 0 saturated heterocycles. The zero-order valence-electron chi connectivity index (χ0n) is 15.4. The Labute approximate surface area is 152 Å². The number of ether oxygens (including phenoxy) is 3. The summed E-state index contributed by atoms with van der Waals surface area (Å²) < 4.78 is 16.7. The number of hydrogen-bond acceptors (Lipinski definition) is 6. The standard InChI is InChI=1S/C20H23NO5/c1-21-8-7-11-9-13(22)18(25-3)16-15-12(10-20(21,23)17(11)16)5-6-14(24-2)19(15)26-4/h5-6,9,22-23H,7-8,10H2,1-4H3/t20-/m1/s1. The van der Waals surface area contributed by atoms with Gasteiger partial charge in [0.2, 0.25) is 0 Å². The van der Waals surface area contributed by atoms with Crippen LogP contribution in [0.1, 0.15) is 16.7 Å². The molecule has 0 fully saturated rings. The van der Waals surface area contributed by atoms with E-state index in [0.717, 1.165) is 28.7 Å². The number of rotatable bonds is 3. The van der Waals surface area contributed by atoms with Gasteiger partial charge in [-0.25, -0.2) is 0 Å². The van der Waals surface area contributed by atoms with Crippen molar-refractivity contribution < 1.29 is 24.4 Å². The molecular weight excluding hydrogens is 334 g/mol. The van der Waals surface area contributed by atoms with Crippen molar-refractivity contribution in [1.29, 1.82) is 0 Å². The Morgan fingerprint density at radius 1 is 1.00 bits per heavy atom. The van der Waals surface area contributed by atoms with Crippen LogP contribution in [0.5, 0.6) is 23.0 Å². The second-order valence-corrected chi connectivity index (χ2v) is 6.84. The summed E-state index contributed by atoms with van der Waals surface area (Å²) in [6, 6.07) is 5.47. The summed E-state index contributed by atoms with van der Waals surface area (Å²) in [6.45, 7) is 0.706. The first-order valence-electron chi connectivity index (χ1n) is 8.57. The van der Waals surface area contributed by atoms with E-state index in [9.17, 15) is 10.2 Å². The van der Waals surface area contributed by atoms with E-state index in [0.29, 0.717) is 35.8 Å². The summed E-state index contributed by atoms with van der Waals surface area (Å²) in [5.41, 5.74) is 2.94. The summed E-state index contributed by atoms with van der Waals surface area (Å²) in [6.07, 6.45) is 1.16. The number of fused-ring (bicyclic) bond motifs is 2. The molecule has 2 N–H and O–H groups in total. The van der Waals surface area contributed by atoms with E-state index in [1.165, 1.54) is 7.11 Å². The molecule has 1 heterocycles. The molecule has 6 nitrogen and oxygen atoms in total. The Morgan fingerprint density at radius 3 is 2.38 bits per heavy atom. The molecule has 0 bridgehead atoms. The summed E-state index contributed by atoms with van der Waals surface area (Å²) in [7, 11) is 6.61. The van der Waals surface area contributed by atoms with Crippen LogP contribution in [0.2, 0.25) is 0 Å².